The van der Waals surface area contributed by atoms with Crippen LogP contribution in [0.3, 0.4) is 0 Å². The highest BCUT2D eigenvalue weighted by Gasteiger charge is 2.44. The quantitative estimate of drug-likeness (QED) is 0.598. The molecule has 1 saturated heterocycles. The Morgan fingerprint density at radius 2 is 2.33 bits per heavy atom. The van der Waals surface area contributed by atoms with Crippen molar-refractivity contribution in [3.05, 3.63) is 33.1 Å². The molecule has 1 fully saturated rings. The third-order valence-corrected chi connectivity index (χ3v) is 3.25. The lowest BCUT2D eigenvalue weighted by molar-refractivity contribution is -0.0511. The lowest BCUT2D eigenvalue weighted by Gasteiger charge is -2.19. The van der Waals surface area contributed by atoms with Crippen molar-refractivity contribution < 1.29 is 14.6 Å². The van der Waals surface area contributed by atoms with Gasteiger partial charge >= 0.3 is 5.69 Å². The number of rotatable bonds is 3. The number of aromatic nitrogens is 2. The van der Waals surface area contributed by atoms with Crippen LogP contribution in [0.4, 0.5) is 0 Å². The van der Waals surface area contributed by atoms with Crippen molar-refractivity contribution in [2.75, 3.05) is 12.9 Å². The molecular weight excluding hydrogens is 260 g/mol. The standard InChI is InChI=1S/C10H14N2O5S/c1-16-8-7(14)5(4-18)17-9(8)12-3-2-6(13)11-10(12)15/h2-3,5,7-9,14,18H,4H2,1H3,(H,11,13,15)/t5-,7?,8?,9-/m0/s1. The lowest BCUT2D eigenvalue weighted by Crippen LogP contribution is -2.38. The summed E-state index contributed by atoms with van der Waals surface area (Å²) >= 11 is 4.06. The van der Waals surface area contributed by atoms with Crippen LogP contribution in [0, 0.1) is 0 Å². The molecule has 1 aromatic heterocycles. The lowest BCUT2D eigenvalue weighted by atomic mass is 10.1. The minimum atomic E-state index is -0.878. The number of nitrogens with zero attached hydrogens (tertiary/aromatic N) is 1. The number of thiol groups is 1. The Hall–Kier alpha value is -1.09. The summed E-state index contributed by atoms with van der Waals surface area (Å²) in [6, 6.07) is 1.21. The van der Waals surface area contributed by atoms with Crippen molar-refractivity contribution in [3.8, 4) is 0 Å². The number of nitrogens with one attached hydrogen (secondary N) is 1. The maximum absolute atomic E-state index is 11.7. The first-order chi connectivity index (χ1) is 8.58. The summed E-state index contributed by atoms with van der Waals surface area (Å²) in [5.74, 6) is 0.301. The summed E-state index contributed by atoms with van der Waals surface area (Å²) in [7, 11) is 1.42. The van der Waals surface area contributed by atoms with E-state index in [4.69, 9.17) is 9.47 Å². The van der Waals surface area contributed by atoms with E-state index in [0.29, 0.717) is 5.75 Å². The van der Waals surface area contributed by atoms with Gasteiger partial charge in [-0.25, -0.2) is 4.79 Å². The highest BCUT2D eigenvalue weighted by atomic mass is 32.1. The second-order valence-electron chi connectivity index (χ2n) is 3.96. The summed E-state index contributed by atoms with van der Waals surface area (Å²) in [5.41, 5.74) is -1.10. The molecule has 8 heteroatoms. The number of methoxy groups -OCH3 is 1. The van der Waals surface area contributed by atoms with Crippen LogP contribution in [0.1, 0.15) is 6.23 Å². The van der Waals surface area contributed by atoms with Crippen LogP contribution in [0.2, 0.25) is 0 Å². The van der Waals surface area contributed by atoms with Crippen LogP contribution in [0.5, 0.6) is 0 Å². The van der Waals surface area contributed by atoms with Gasteiger partial charge in [0.2, 0.25) is 0 Å². The Morgan fingerprint density at radius 1 is 1.61 bits per heavy atom. The molecule has 2 heterocycles. The van der Waals surface area contributed by atoms with Gasteiger partial charge in [0.05, 0.1) is 6.10 Å². The van der Waals surface area contributed by atoms with Gasteiger partial charge in [-0.3, -0.25) is 14.3 Å². The number of H-pyrrole nitrogens is 1. The minimum absolute atomic E-state index is 0.301. The molecule has 0 radical (unpaired) electrons. The Morgan fingerprint density at radius 3 is 2.89 bits per heavy atom. The molecular formula is C10H14N2O5S. The molecule has 0 spiro atoms. The number of aliphatic hydroxyl groups excluding tert-OH is 1. The smallest absolute Gasteiger partial charge is 0.330 e. The van der Waals surface area contributed by atoms with Gasteiger partial charge in [0, 0.05) is 25.1 Å². The molecule has 18 heavy (non-hydrogen) atoms. The van der Waals surface area contributed by atoms with Gasteiger partial charge in [-0.15, -0.1) is 0 Å². The SMILES string of the molecule is COC1C(O)[C@H](CS)O[C@@H]1n1ccc(=O)[nH]c1=O. The normalized spacial score (nSPS) is 31.7. The highest BCUT2D eigenvalue weighted by molar-refractivity contribution is 7.80. The summed E-state index contributed by atoms with van der Waals surface area (Å²) in [6.07, 6.45) is -1.57. The molecule has 4 atom stereocenters. The van der Waals surface area contributed by atoms with Crippen molar-refractivity contribution >= 4 is 12.6 Å². The van der Waals surface area contributed by atoms with Gasteiger partial charge in [0.1, 0.15) is 12.2 Å². The van der Waals surface area contributed by atoms with Crippen LogP contribution >= 0.6 is 12.6 Å². The fourth-order valence-electron chi connectivity index (χ4n) is 1.98. The van der Waals surface area contributed by atoms with Gasteiger partial charge in [0.25, 0.3) is 5.56 Å². The average molecular weight is 274 g/mol. The van der Waals surface area contributed by atoms with Crippen LogP contribution in [0.15, 0.2) is 21.9 Å². The molecule has 7 nitrogen and oxygen atoms in total. The van der Waals surface area contributed by atoms with Crippen molar-refractivity contribution in [2.24, 2.45) is 0 Å². The molecule has 1 aromatic rings. The monoisotopic (exact) mass is 274 g/mol. The Bertz CT molecular complexity index is 527. The molecule has 0 saturated carbocycles. The Balaban J connectivity index is 2.38. The summed E-state index contributed by atoms with van der Waals surface area (Å²) in [6.45, 7) is 0. The van der Waals surface area contributed by atoms with E-state index >= 15 is 0 Å². The van der Waals surface area contributed by atoms with E-state index in [1.165, 1.54) is 23.9 Å². The summed E-state index contributed by atoms with van der Waals surface area (Å²) < 4.78 is 11.9. The zero-order valence-electron chi connectivity index (χ0n) is 9.65. The van der Waals surface area contributed by atoms with E-state index in [2.05, 4.69) is 17.6 Å². The molecule has 100 valence electrons. The number of hydrogen-bond acceptors (Lipinski definition) is 6. The molecule has 1 aliphatic heterocycles. The molecule has 1 aliphatic rings. The summed E-state index contributed by atoms with van der Waals surface area (Å²) in [5, 5.41) is 9.94. The van der Waals surface area contributed by atoms with E-state index < -0.39 is 35.8 Å². The average Bonchev–Trinajstić information content (AvgIpc) is 2.65. The second-order valence-corrected chi connectivity index (χ2v) is 4.32. The molecule has 0 aromatic carbocycles. The van der Waals surface area contributed by atoms with Crippen molar-refractivity contribution in [3.63, 3.8) is 0 Å². The van der Waals surface area contributed by atoms with E-state index in [9.17, 15) is 14.7 Å². The van der Waals surface area contributed by atoms with Gasteiger partial charge in [-0.05, 0) is 0 Å². The third kappa shape index (κ3) is 2.24. The van der Waals surface area contributed by atoms with Crippen LogP contribution in [0.25, 0.3) is 0 Å². The summed E-state index contributed by atoms with van der Waals surface area (Å²) in [4.78, 5) is 24.8. The largest absolute Gasteiger partial charge is 0.387 e. The van der Waals surface area contributed by atoms with Crippen LogP contribution in [-0.2, 0) is 9.47 Å². The first kappa shape index (κ1) is 13.3. The van der Waals surface area contributed by atoms with E-state index in [0.717, 1.165) is 0 Å². The number of ether oxygens (including phenoxy) is 2. The zero-order valence-corrected chi connectivity index (χ0v) is 10.5. The number of aromatic amines is 1. The van der Waals surface area contributed by atoms with E-state index in [-0.39, 0.29) is 0 Å². The fraction of sp³-hybridized carbons (Fsp3) is 0.600. The minimum Gasteiger partial charge on any atom is -0.387 e. The first-order valence-electron chi connectivity index (χ1n) is 5.37. The van der Waals surface area contributed by atoms with Gasteiger partial charge in [-0.1, -0.05) is 0 Å². The van der Waals surface area contributed by atoms with Crippen molar-refractivity contribution in [2.45, 2.75) is 24.5 Å². The van der Waals surface area contributed by atoms with Crippen molar-refractivity contribution in [1.82, 2.24) is 9.55 Å². The molecule has 2 unspecified atom stereocenters. The molecule has 0 aliphatic carbocycles. The molecule has 0 amide bonds. The Labute approximate surface area is 108 Å². The van der Waals surface area contributed by atoms with Crippen LogP contribution < -0.4 is 11.2 Å². The van der Waals surface area contributed by atoms with Gasteiger partial charge < -0.3 is 14.6 Å². The Kier molecular flexibility index (Phi) is 3.91. The van der Waals surface area contributed by atoms with Crippen molar-refractivity contribution in [1.29, 1.82) is 0 Å². The molecule has 0 bridgehead atoms. The van der Waals surface area contributed by atoms with Gasteiger partial charge in [0.15, 0.2) is 6.23 Å². The number of aliphatic hydroxyl groups is 1. The third-order valence-electron chi connectivity index (χ3n) is 2.89. The predicted octanol–water partition coefficient (Wildman–Crippen LogP) is -1.26. The topological polar surface area (TPSA) is 93.5 Å². The molecule has 2 rings (SSSR count). The maximum Gasteiger partial charge on any atom is 0.330 e. The zero-order chi connectivity index (χ0) is 13.3. The predicted molar refractivity (Wildman–Crippen MR) is 65.9 cm³/mol. The van der Waals surface area contributed by atoms with Crippen LogP contribution in [-0.4, -0.2) is 45.8 Å². The second kappa shape index (κ2) is 5.27. The van der Waals surface area contributed by atoms with Gasteiger partial charge in [-0.2, -0.15) is 12.6 Å². The van der Waals surface area contributed by atoms with E-state index in [1.54, 1.807) is 0 Å². The molecule has 2 N–H and O–H groups in total. The fourth-order valence-corrected chi connectivity index (χ4v) is 2.28. The highest BCUT2D eigenvalue weighted by Crippen LogP contribution is 2.30. The number of hydrogen-bond donors (Lipinski definition) is 3. The maximum atomic E-state index is 11.7. The van der Waals surface area contributed by atoms with E-state index in [1.807, 2.05) is 0 Å². The first-order valence-corrected chi connectivity index (χ1v) is 6.00.